The lowest BCUT2D eigenvalue weighted by atomic mass is 9.78. The van der Waals surface area contributed by atoms with Gasteiger partial charge in [-0.1, -0.05) is 78.9 Å². The fourth-order valence-electron chi connectivity index (χ4n) is 6.63. The average Bonchev–Trinajstić information content (AvgIpc) is 3.16. The van der Waals surface area contributed by atoms with Crippen LogP contribution in [0, 0.1) is 11.3 Å². The van der Waals surface area contributed by atoms with Gasteiger partial charge >= 0.3 is 0 Å². The normalized spacial score (nSPS) is 15.3. The molecule has 1 unspecified atom stereocenters. The van der Waals surface area contributed by atoms with Crippen LogP contribution >= 0.6 is 0 Å². The number of para-hydroxylation sites is 1. The molecule has 0 aliphatic carbocycles. The molecule has 1 atom stereocenters. The van der Waals surface area contributed by atoms with E-state index >= 15 is 0 Å². The Morgan fingerprint density at radius 1 is 0.896 bits per heavy atom. The highest BCUT2D eigenvalue weighted by atomic mass is 16.5. The summed E-state index contributed by atoms with van der Waals surface area (Å²) in [5.41, 5.74) is 11.5. The minimum absolute atomic E-state index is 0.416. The summed E-state index contributed by atoms with van der Waals surface area (Å²) in [6.07, 6.45) is 2.42. The highest BCUT2D eigenvalue weighted by Crippen LogP contribution is 2.50. The standard InChI is InChI=1S/C38H30N8O2/c1-47-30-20-26-18-19-45-35(28(26)21-31(30)48-2)29(22-39)32(24-12-6-3-7-13-24)33-37(45)40-23-46-38(33)41-36(43-42-27-16-10-5-11-17-27)34(44-46)25-14-8-4-9-15-25/h3-17,20-21,23,32,42H,18-19H2,1-2H3/b43-36-. The van der Waals surface area contributed by atoms with E-state index in [0.29, 0.717) is 40.4 Å². The molecule has 4 aromatic carbocycles. The van der Waals surface area contributed by atoms with Crippen LogP contribution in [-0.2, 0) is 6.42 Å². The summed E-state index contributed by atoms with van der Waals surface area (Å²) in [5.74, 6) is 1.50. The van der Waals surface area contributed by atoms with Crippen LogP contribution in [0.3, 0.4) is 0 Å². The van der Waals surface area contributed by atoms with E-state index in [0.717, 1.165) is 51.4 Å². The summed E-state index contributed by atoms with van der Waals surface area (Å²) in [7, 11) is 3.25. The Morgan fingerprint density at radius 2 is 1.58 bits per heavy atom. The smallest absolute Gasteiger partial charge is 0.202 e. The lowest BCUT2D eigenvalue weighted by Gasteiger charge is -2.40. The van der Waals surface area contributed by atoms with Crippen LogP contribution in [-0.4, -0.2) is 40.3 Å². The van der Waals surface area contributed by atoms with Gasteiger partial charge in [-0.15, -0.1) is 0 Å². The van der Waals surface area contributed by atoms with E-state index in [-0.39, 0.29) is 0 Å². The van der Waals surface area contributed by atoms with Crippen LogP contribution in [0.2, 0.25) is 0 Å². The molecule has 10 nitrogen and oxygen atoms in total. The second-order valence-electron chi connectivity index (χ2n) is 11.5. The zero-order chi connectivity index (χ0) is 32.6. The molecule has 0 radical (unpaired) electrons. The van der Waals surface area contributed by atoms with Crippen LogP contribution < -0.4 is 25.3 Å². The van der Waals surface area contributed by atoms with Crippen LogP contribution in [0.25, 0.3) is 22.6 Å². The average molecular weight is 631 g/mol. The molecule has 48 heavy (non-hydrogen) atoms. The highest BCUT2D eigenvalue weighted by Gasteiger charge is 2.40. The molecule has 2 aromatic heterocycles. The first-order valence-electron chi connectivity index (χ1n) is 15.6. The first-order valence-corrected chi connectivity index (χ1v) is 15.6. The number of rotatable bonds is 6. The Balaban J connectivity index is 1.42. The number of fused-ring (bicyclic) bond motifs is 7. The van der Waals surface area contributed by atoms with Gasteiger partial charge in [0, 0.05) is 17.7 Å². The van der Waals surface area contributed by atoms with E-state index in [2.05, 4.69) is 16.4 Å². The van der Waals surface area contributed by atoms with Gasteiger partial charge in [0.2, 0.25) is 5.49 Å². The fourth-order valence-corrected chi connectivity index (χ4v) is 6.63. The molecule has 6 aromatic rings. The second kappa shape index (κ2) is 12.0. The molecule has 0 saturated heterocycles. The number of allylic oxidation sites excluding steroid dienone is 1. The van der Waals surface area contributed by atoms with Crippen molar-refractivity contribution in [1.82, 2.24) is 19.6 Å². The maximum absolute atomic E-state index is 11.0. The number of hydrogen-bond donors (Lipinski definition) is 1. The number of aromatic nitrogens is 4. The molecule has 4 heterocycles. The molecule has 0 saturated carbocycles. The van der Waals surface area contributed by atoms with Gasteiger partial charge < -0.3 is 14.4 Å². The number of nitrogens with one attached hydrogen (secondary N) is 1. The molecule has 1 N–H and O–H groups in total. The largest absolute Gasteiger partial charge is 0.493 e. The van der Waals surface area contributed by atoms with E-state index in [1.807, 2.05) is 103 Å². The van der Waals surface area contributed by atoms with Crippen molar-refractivity contribution in [2.24, 2.45) is 5.10 Å². The summed E-state index contributed by atoms with van der Waals surface area (Å²) >= 11 is 0. The SMILES string of the molecule is COc1cc2c(cc1OC)C1=C(C#N)C(c3ccccc3)c3c(ncn4nc(-c5ccccc5)/c(=N/Nc5ccccc5)nc34)N1CC2. The Bertz CT molecular complexity index is 2310. The first kappa shape index (κ1) is 29.0. The molecule has 10 heteroatoms. The predicted molar refractivity (Wildman–Crippen MR) is 183 cm³/mol. The van der Waals surface area contributed by atoms with E-state index in [4.69, 9.17) is 29.6 Å². The minimum atomic E-state index is -0.480. The van der Waals surface area contributed by atoms with Crippen molar-refractivity contribution in [2.45, 2.75) is 12.3 Å². The van der Waals surface area contributed by atoms with Gasteiger partial charge in [-0.05, 0) is 41.8 Å². The van der Waals surface area contributed by atoms with Crippen molar-refractivity contribution in [3.05, 3.63) is 143 Å². The van der Waals surface area contributed by atoms with Gasteiger partial charge in [0.15, 0.2) is 17.1 Å². The third-order valence-corrected chi connectivity index (χ3v) is 8.81. The number of hydrogen-bond acceptors (Lipinski definition) is 9. The monoisotopic (exact) mass is 630 g/mol. The quantitative estimate of drug-likeness (QED) is 0.217. The summed E-state index contributed by atoms with van der Waals surface area (Å²) in [4.78, 5) is 12.3. The molecule has 234 valence electrons. The zero-order valence-electron chi connectivity index (χ0n) is 26.3. The maximum Gasteiger partial charge on any atom is 0.202 e. The third-order valence-electron chi connectivity index (χ3n) is 8.81. The van der Waals surface area contributed by atoms with E-state index in [1.54, 1.807) is 25.1 Å². The summed E-state index contributed by atoms with van der Waals surface area (Å²) < 4.78 is 13.0. The van der Waals surface area contributed by atoms with E-state index in [1.165, 1.54) is 0 Å². The maximum atomic E-state index is 11.0. The number of benzene rings is 4. The summed E-state index contributed by atoms with van der Waals surface area (Å²) in [6.45, 7) is 0.614. The molecular weight excluding hydrogens is 600 g/mol. The topological polar surface area (TPSA) is 113 Å². The molecule has 0 fully saturated rings. The van der Waals surface area contributed by atoms with Gasteiger partial charge in [0.05, 0.1) is 48.7 Å². The number of ether oxygens (including phenoxy) is 2. The molecule has 0 bridgehead atoms. The number of nitrogens with zero attached hydrogens (tertiary/aromatic N) is 7. The molecule has 0 spiro atoms. The lowest BCUT2D eigenvalue weighted by molar-refractivity contribution is 0.354. The molecular formula is C38H30N8O2. The number of methoxy groups -OCH3 is 2. The first-order chi connectivity index (χ1) is 23.7. The van der Waals surface area contributed by atoms with Gasteiger partial charge in [-0.3, -0.25) is 5.43 Å². The Labute approximate surface area is 276 Å². The molecule has 2 aliphatic heterocycles. The third kappa shape index (κ3) is 4.80. The fraction of sp³-hybridized carbons (Fsp3) is 0.132. The Kier molecular flexibility index (Phi) is 7.27. The van der Waals surface area contributed by atoms with Crippen molar-refractivity contribution in [3.8, 4) is 28.8 Å². The van der Waals surface area contributed by atoms with Crippen molar-refractivity contribution in [2.75, 3.05) is 31.1 Å². The lowest BCUT2D eigenvalue weighted by Crippen LogP contribution is -2.37. The Hall–Kier alpha value is -6.47. The number of nitriles is 1. The highest BCUT2D eigenvalue weighted by molar-refractivity contribution is 5.93. The second-order valence-corrected chi connectivity index (χ2v) is 11.5. The predicted octanol–water partition coefficient (Wildman–Crippen LogP) is 6.18. The summed E-state index contributed by atoms with van der Waals surface area (Å²) in [6, 6.07) is 36.2. The van der Waals surface area contributed by atoms with E-state index < -0.39 is 5.92 Å². The van der Waals surface area contributed by atoms with Crippen molar-refractivity contribution in [3.63, 3.8) is 0 Å². The van der Waals surface area contributed by atoms with E-state index in [9.17, 15) is 5.26 Å². The Morgan fingerprint density at radius 3 is 2.29 bits per heavy atom. The molecule has 8 rings (SSSR count). The van der Waals surface area contributed by atoms with Crippen LogP contribution in [0.15, 0.2) is 120 Å². The van der Waals surface area contributed by atoms with Crippen molar-refractivity contribution < 1.29 is 9.47 Å². The van der Waals surface area contributed by atoms with Gasteiger partial charge in [0.1, 0.15) is 17.8 Å². The molecule has 2 aliphatic rings. The zero-order valence-corrected chi connectivity index (χ0v) is 26.3. The number of anilines is 2. The summed E-state index contributed by atoms with van der Waals surface area (Å²) in [5, 5.41) is 20.8. The van der Waals surface area contributed by atoms with Crippen LogP contribution in [0.1, 0.15) is 28.2 Å². The van der Waals surface area contributed by atoms with Crippen molar-refractivity contribution >= 4 is 22.8 Å². The minimum Gasteiger partial charge on any atom is -0.493 e. The van der Waals surface area contributed by atoms with Gasteiger partial charge in [-0.2, -0.15) is 15.5 Å². The van der Waals surface area contributed by atoms with Crippen molar-refractivity contribution in [1.29, 1.82) is 5.26 Å². The van der Waals surface area contributed by atoms with Crippen LogP contribution in [0.4, 0.5) is 11.5 Å². The molecule has 0 amide bonds. The van der Waals surface area contributed by atoms with Gasteiger partial charge in [0.25, 0.3) is 0 Å². The van der Waals surface area contributed by atoms with Crippen LogP contribution in [0.5, 0.6) is 11.5 Å². The van der Waals surface area contributed by atoms with Gasteiger partial charge in [-0.25, -0.2) is 14.5 Å².